The number of hydrogen-bond acceptors (Lipinski definition) is 6. The molecular formula is C31H22N4O5. The molecule has 4 unspecified atom stereocenters. The van der Waals surface area contributed by atoms with Crippen LogP contribution in [0.15, 0.2) is 97.1 Å². The van der Waals surface area contributed by atoms with Crippen molar-refractivity contribution in [1.82, 2.24) is 0 Å². The predicted octanol–water partition coefficient (Wildman–Crippen LogP) is 4.78. The van der Waals surface area contributed by atoms with E-state index in [0.717, 1.165) is 22.0 Å². The van der Waals surface area contributed by atoms with Gasteiger partial charge in [-0.05, 0) is 46.7 Å². The van der Waals surface area contributed by atoms with Gasteiger partial charge in [0.05, 0.1) is 28.5 Å². The van der Waals surface area contributed by atoms with Gasteiger partial charge in [-0.1, -0.05) is 60.7 Å². The van der Waals surface area contributed by atoms with Crippen molar-refractivity contribution in [2.75, 3.05) is 15.1 Å². The summed E-state index contributed by atoms with van der Waals surface area (Å²) in [5.41, 5.74) is 2.39. The maximum Gasteiger partial charge on any atom is 0.269 e. The van der Waals surface area contributed by atoms with Crippen LogP contribution in [0.1, 0.15) is 5.56 Å². The molecule has 2 saturated heterocycles. The van der Waals surface area contributed by atoms with E-state index >= 15 is 0 Å². The molecule has 9 heteroatoms. The summed E-state index contributed by atoms with van der Waals surface area (Å²) in [6, 6.07) is 24.8. The van der Waals surface area contributed by atoms with Crippen molar-refractivity contribution in [3.63, 3.8) is 0 Å². The quantitative estimate of drug-likeness (QED) is 0.231. The fraction of sp³-hybridized carbons (Fsp3) is 0.129. The van der Waals surface area contributed by atoms with Crippen molar-refractivity contribution in [1.29, 1.82) is 0 Å². The highest BCUT2D eigenvalue weighted by Gasteiger charge is 2.64. The summed E-state index contributed by atoms with van der Waals surface area (Å²) < 4.78 is 0. The van der Waals surface area contributed by atoms with Crippen molar-refractivity contribution < 1.29 is 19.3 Å². The lowest BCUT2D eigenvalue weighted by Gasteiger charge is -2.36. The number of non-ortho nitro benzene ring substituents is 1. The average molecular weight is 531 g/mol. The van der Waals surface area contributed by atoms with Crippen molar-refractivity contribution in [3.8, 4) is 0 Å². The van der Waals surface area contributed by atoms with Crippen LogP contribution in [0.4, 0.5) is 22.7 Å². The Labute approximate surface area is 228 Å². The summed E-state index contributed by atoms with van der Waals surface area (Å²) in [6.07, 6.45) is 3.83. The lowest BCUT2D eigenvalue weighted by molar-refractivity contribution is -0.384. The minimum Gasteiger partial charge on any atom is -0.351 e. The van der Waals surface area contributed by atoms with E-state index in [9.17, 15) is 24.5 Å². The standard InChI is InChI=1S/C31H22N4O5/c36-29(32-21-11-14-22(15-12-21)35(39)40)28-27-26(25-16-10-19-6-3-4-8-24(19)34(25)28)30(37)33(31(27)38)23-13-9-18-5-1-2-7-20(18)17-23/h1-17,25-28H,(H,32,36). The zero-order chi connectivity index (χ0) is 27.5. The first-order valence-electron chi connectivity index (χ1n) is 12.9. The molecule has 3 heterocycles. The molecule has 0 bridgehead atoms. The maximum atomic E-state index is 14.1. The molecule has 0 saturated carbocycles. The normalized spacial score (nSPS) is 22.7. The zero-order valence-electron chi connectivity index (χ0n) is 21.0. The highest BCUT2D eigenvalue weighted by molar-refractivity contribution is 6.25. The minimum atomic E-state index is -0.974. The first kappa shape index (κ1) is 23.8. The van der Waals surface area contributed by atoms with Crippen LogP contribution in [-0.4, -0.2) is 34.7 Å². The van der Waals surface area contributed by atoms with E-state index < -0.39 is 40.7 Å². The number of imide groups is 1. The summed E-state index contributed by atoms with van der Waals surface area (Å²) in [7, 11) is 0. The number of amides is 3. The van der Waals surface area contributed by atoms with Crippen LogP contribution in [-0.2, 0) is 14.4 Å². The Morgan fingerprint density at radius 2 is 1.52 bits per heavy atom. The molecule has 3 aliphatic rings. The molecule has 40 heavy (non-hydrogen) atoms. The molecule has 4 aromatic rings. The van der Waals surface area contributed by atoms with E-state index in [0.29, 0.717) is 11.4 Å². The first-order chi connectivity index (χ1) is 19.4. The number of rotatable bonds is 4. The predicted molar refractivity (Wildman–Crippen MR) is 151 cm³/mol. The molecule has 7 rings (SSSR count). The van der Waals surface area contributed by atoms with Crippen LogP contribution in [0.5, 0.6) is 0 Å². The Morgan fingerprint density at radius 3 is 2.30 bits per heavy atom. The minimum absolute atomic E-state index is 0.100. The van der Waals surface area contributed by atoms with E-state index in [2.05, 4.69) is 5.32 Å². The third-order valence-electron chi connectivity index (χ3n) is 8.02. The van der Waals surface area contributed by atoms with E-state index in [1.165, 1.54) is 29.2 Å². The first-order valence-corrected chi connectivity index (χ1v) is 12.9. The monoisotopic (exact) mass is 530 g/mol. The van der Waals surface area contributed by atoms with Gasteiger partial charge in [-0.3, -0.25) is 24.5 Å². The van der Waals surface area contributed by atoms with Crippen molar-refractivity contribution >= 4 is 57.3 Å². The summed E-state index contributed by atoms with van der Waals surface area (Å²) in [6.45, 7) is 0. The second-order valence-electron chi connectivity index (χ2n) is 10.1. The summed E-state index contributed by atoms with van der Waals surface area (Å²) >= 11 is 0. The Bertz CT molecular complexity index is 1770. The summed E-state index contributed by atoms with van der Waals surface area (Å²) in [5, 5.41) is 15.8. The Kier molecular flexibility index (Phi) is 5.28. The molecule has 0 spiro atoms. The van der Waals surface area contributed by atoms with Crippen molar-refractivity contribution in [2.45, 2.75) is 12.1 Å². The highest BCUT2D eigenvalue weighted by Crippen LogP contribution is 2.49. The van der Waals surface area contributed by atoms with Gasteiger partial charge in [-0.15, -0.1) is 0 Å². The average Bonchev–Trinajstić information content (AvgIpc) is 3.45. The van der Waals surface area contributed by atoms with Crippen molar-refractivity contribution in [2.24, 2.45) is 11.8 Å². The summed E-state index contributed by atoms with van der Waals surface area (Å²) in [4.78, 5) is 55.6. The molecule has 1 N–H and O–H groups in total. The molecule has 4 aromatic carbocycles. The molecule has 0 radical (unpaired) electrons. The van der Waals surface area contributed by atoms with Gasteiger partial charge in [0.25, 0.3) is 5.69 Å². The Balaban J connectivity index is 1.29. The van der Waals surface area contributed by atoms with Gasteiger partial charge in [0.2, 0.25) is 17.7 Å². The van der Waals surface area contributed by atoms with Gasteiger partial charge in [0.15, 0.2) is 0 Å². The van der Waals surface area contributed by atoms with Crippen LogP contribution in [0.2, 0.25) is 0 Å². The Morgan fingerprint density at radius 1 is 0.825 bits per heavy atom. The lowest BCUT2D eigenvalue weighted by Crippen LogP contribution is -2.50. The fourth-order valence-corrected chi connectivity index (χ4v) is 6.27. The molecule has 3 aliphatic heterocycles. The molecule has 2 fully saturated rings. The number of para-hydroxylation sites is 1. The lowest BCUT2D eigenvalue weighted by atomic mass is 9.88. The van der Waals surface area contributed by atoms with E-state index in [1.54, 1.807) is 6.07 Å². The number of carbonyl (C=O) groups excluding carboxylic acids is 3. The molecule has 0 aliphatic carbocycles. The maximum absolute atomic E-state index is 14.1. The number of hydrogen-bond donors (Lipinski definition) is 1. The van der Waals surface area contributed by atoms with Gasteiger partial charge < -0.3 is 10.2 Å². The SMILES string of the molecule is O=C(Nc1ccc([N+](=O)[O-])cc1)C1C2C(=O)N(c3ccc4ccccc4c3)C(=O)C2C2C=Cc3ccccc3N21. The van der Waals surface area contributed by atoms with Gasteiger partial charge in [0, 0.05) is 23.5 Å². The van der Waals surface area contributed by atoms with Crippen LogP contribution in [0.25, 0.3) is 16.8 Å². The van der Waals surface area contributed by atoms with Gasteiger partial charge in [-0.25, -0.2) is 4.90 Å². The molecular weight excluding hydrogens is 508 g/mol. The van der Waals surface area contributed by atoms with Crippen LogP contribution in [0.3, 0.4) is 0 Å². The number of nitro benzene ring substituents is 1. The van der Waals surface area contributed by atoms with Crippen molar-refractivity contribution in [3.05, 3.63) is 113 Å². The fourth-order valence-electron chi connectivity index (χ4n) is 6.27. The van der Waals surface area contributed by atoms with E-state index in [1.807, 2.05) is 77.7 Å². The number of fused-ring (bicyclic) bond motifs is 6. The third-order valence-corrected chi connectivity index (χ3v) is 8.02. The molecule has 4 atom stereocenters. The van der Waals surface area contributed by atoms with Gasteiger partial charge in [0.1, 0.15) is 6.04 Å². The number of anilines is 3. The molecule has 3 amide bonds. The van der Waals surface area contributed by atoms with Gasteiger partial charge >= 0.3 is 0 Å². The number of carbonyl (C=O) groups is 3. The van der Waals surface area contributed by atoms with Crippen LogP contribution < -0.4 is 15.1 Å². The number of nitrogens with zero attached hydrogens (tertiary/aromatic N) is 3. The van der Waals surface area contributed by atoms with E-state index in [4.69, 9.17) is 0 Å². The number of nitrogens with one attached hydrogen (secondary N) is 1. The number of nitro groups is 1. The second kappa shape index (κ2) is 8.88. The Hall–Kier alpha value is -5.31. The third kappa shape index (κ3) is 3.51. The largest absolute Gasteiger partial charge is 0.351 e. The summed E-state index contributed by atoms with van der Waals surface area (Å²) in [5.74, 6) is -2.89. The van der Waals surface area contributed by atoms with Gasteiger partial charge in [-0.2, -0.15) is 0 Å². The topological polar surface area (TPSA) is 113 Å². The second-order valence-corrected chi connectivity index (χ2v) is 10.1. The number of benzene rings is 4. The molecule has 196 valence electrons. The molecule has 9 nitrogen and oxygen atoms in total. The van der Waals surface area contributed by atoms with Crippen LogP contribution >= 0.6 is 0 Å². The van der Waals surface area contributed by atoms with E-state index in [-0.39, 0.29) is 11.6 Å². The smallest absolute Gasteiger partial charge is 0.269 e. The molecule has 0 aromatic heterocycles. The highest BCUT2D eigenvalue weighted by atomic mass is 16.6. The van der Waals surface area contributed by atoms with Crippen LogP contribution in [0, 0.1) is 22.0 Å². The zero-order valence-corrected chi connectivity index (χ0v) is 21.0.